The molecule has 106 valence electrons. The summed E-state index contributed by atoms with van der Waals surface area (Å²) in [5.41, 5.74) is 2.71. The number of hydrogen-bond donors (Lipinski definition) is 2. The molecule has 1 aliphatic heterocycles. The number of benzene rings is 1. The summed E-state index contributed by atoms with van der Waals surface area (Å²) in [6, 6.07) is 7.41. The molecule has 0 bridgehead atoms. The molecule has 0 saturated carbocycles. The van der Waals surface area contributed by atoms with Crippen LogP contribution in [0.5, 0.6) is 0 Å². The Balaban J connectivity index is 2.21. The first-order chi connectivity index (χ1) is 10.3. The molecule has 3 aromatic rings. The van der Waals surface area contributed by atoms with Crippen LogP contribution in [0.15, 0.2) is 29.1 Å². The predicted molar refractivity (Wildman–Crippen MR) is 81.7 cm³/mol. The fraction of sp³-hybridized carbons (Fsp3) is 0.267. The fourth-order valence-electron chi connectivity index (χ4n) is 2.95. The molecule has 0 amide bonds. The highest BCUT2D eigenvalue weighted by molar-refractivity contribution is 5.79. The molecule has 4 rings (SSSR count). The fourth-order valence-corrected chi connectivity index (χ4v) is 2.95. The highest BCUT2D eigenvalue weighted by Gasteiger charge is 2.20. The van der Waals surface area contributed by atoms with Crippen molar-refractivity contribution in [3.05, 3.63) is 45.9 Å². The van der Waals surface area contributed by atoms with Gasteiger partial charge >= 0.3 is 0 Å². The van der Waals surface area contributed by atoms with E-state index in [9.17, 15) is 4.79 Å². The first kappa shape index (κ1) is 12.3. The lowest BCUT2D eigenvalue weighted by Gasteiger charge is -2.21. The molecule has 21 heavy (non-hydrogen) atoms. The number of nitrogens with zero attached hydrogens (tertiary/aromatic N) is 3. The summed E-state index contributed by atoms with van der Waals surface area (Å²) < 4.78 is 1.67. The molecule has 2 N–H and O–H groups in total. The molecular formula is C15H15N5O. The van der Waals surface area contributed by atoms with Gasteiger partial charge in [-0.15, -0.1) is 0 Å². The van der Waals surface area contributed by atoms with E-state index in [1.165, 1.54) is 0 Å². The minimum atomic E-state index is -0.0381. The Morgan fingerprint density at radius 1 is 1.29 bits per heavy atom. The molecule has 0 spiro atoms. The molecule has 0 aliphatic carbocycles. The van der Waals surface area contributed by atoms with Crippen molar-refractivity contribution in [2.24, 2.45) is 0 Å². The minimum absolute atomic E-state index is 0.0381. The standard InChI is InChI=1S/C15H15N5O/c1-16-13-10-8-17-7-6-12(10)20-14(21)9-4-2-3-5-11(9)18-15(20)19-13/h2-5,17H,6-8H2,1H3,(H,16,18,19). The van der Waals surface area contributed by atoms with Crippen LogP contribution in [0.2, 0.25) is 0 Å². The van der Waals surface area contributed by atoms with E-state index in [0.29, 0.717) is 23.2 Å². The molecular weight excluding hydrogens is 266 g/mol. The Morgan fingerprint density at radius 2 is 2.14 bits per heavy atom. The van der Waals surface area contributed by atoms with E-state index in [-0.39, 0.29) is 5.56 Å². The van der Waals surface area contributed by atoms with Crippen LogP contribution < -0.4 is 16.2 Å². The second-order valence-corrected chi connectivity index (χ2v) is 5.13. The molecule has 0 saturated heterocycles. The first-order valence-corrected chi connectivity index (χ1v) is 7.01. The van der Waals surface area contributed by atoms with E-state index in [2.05, 4.69) is 20.6 Å². The van der Waals surface area contributed by atoms with Gasteiger partial charge < -0.3 is 10.6 Å². The molecule has 0 radical (unpaired) electrons. The average molecular weight is 281 g/mol. The Morgan fingerprint density at radius 3 is 3.00 bits per heavy atom. The SMILES string of the molecule is CNc1nc2nc3ccccc3c(=O)n2c2c1CNCC2. The Bertz CT molecular complexity index is 915. The van der Waals surface area contributed by atoms with Crippen molar-refractivity contribution >= 4 is 22.5 Å². The Hall–Kier alpha value is -2.47. The number of fused-ring (bicyclic) bond motifs is 4. The van der Waals surface area contributed by atoms with E-state index in [1.54, 1.807) is 4.40 Å². The van der Waals surface area contributed by atoms with E-state index >= 15 is 0 Å². The van der Waals surface area contributed by atoms with Gasteiger partial charge in [0.05, 0.1) is 10.9 Å². The second-order valence-electron chi connectivity index (χ2n) is 5.13. The summed E-state index contributed by atoms with van der Waals surface area (Å²) >= 11 is 0. The van der Waals surface area contributed by atoms with Gasteiger partial charge in [-0.2, -0.15) is 4.98 Å². The molecule has 1 aromatic carbocycles. The van der Waals surface area contributed by atoms with Crippen LogP contribution in [0.25, 0.3) is 16.7 Å². The number of para-hydroxylation sites is 1. The third-order valence-electron chi connectivity index (χ3n) is 3.95. The van der Waals surface area contributed by atoms with E-state index in [1.807, 2.05) is 31.3 Å². The summed E-state index contributed by atoms with van der Waals surface area (Å²) in [6.45, 7) is 1.57. The molecule has 3 heterocycles. The van der Waals surface area contributed by atoms with Crippen LogP contribution in [0, 0.1) is 0 Å². The van der Waals surface area contributed by atoms with E-state index in [0.717, 1.165) is 30.0 Å². The first-order valence-electron chi connectivity index (χ1n) is 7.01. The van der Waals surface area contributed by atoms with Crippen LogP contribution >= 0.6 is 0 Å². The van der Waals surface area contributed by atoms with Crippen LogP contribution in [0.4, 0.5) is 5.82 Å². The molecule has 0 atom stereocenters. The van der Waals surface area contributed by atoms with Gasteiger partial charge in [-0.1, -0.05) is 12.1 Å². The molecule has 0 fully saturated rings. The van der Waals surface area contributed by atoms with Crippen LogP contribution in [0.3, 0.4) is 0 Å². The van der Waals surface area contributed by atoms with Gasteiger partial charge in [0.15, 0.2) is 0 Å². The van der Waals surface area contributed by atoms with Gasteiger partial charge in [0.1, 0.15) is 5.82 Å². The largest absolute Gasteiger partial charge is 0.373 e. The molecule has 2 aromatic heterocycles. The third-order valence-corrected chi connectivity index (χ3v) is 3.95. The van der Waals surface area contributed by atoms with Crippen molar-refractivity contribution in [3.8, 4) is 0 Å². The monoisotopic (exact) mass is 281 g/mol. The van der Waals surface area contributed by atoms with Gasteiger partial charge in [0.2, 0.25) is 5.78 Å². The topological polar surface area (TPSA) is 71.3 Å². The lowest BCUT2D eigenvalue weighted by molar-refractivity contribution is 0.619. The van der Waals surface area contributed by atoms with Gasteiger partial charge in [0.25, 0.3) is 5.56 Å². The summed E-state index contributed by atoms with van der Waals surface area (Å²) in [5, 5.41) is 7.06. The lowest BCUT2D eigenvalue weighted by Crippen LogP contribution is -2.31. The molecule has 6 heteroatoms. The molecule has 1 aliphatic rings. The van der Waals surface area contributed by atoms with Crippen molar-refractivity contribution in [2.75, 3.05) is 18.9 Å². The maximum atomic E-state index is 12.8. The smallest absolute Gasteiger partial charge is 0.267 e. The van der Waals surface area contributed by atoms with Gasteiger partial charge in [0, 0.05) is 37.8 Å². The number of anilines is 1. The van der Waals surface area contributed by atoms with Crippen LogP contribution in [0.1, 0.15) is 11.3 Å². The van der Waals surface area contributed by atoms with E-state index < -0.39 is 0 Å². The van der Waals surface area contributed by atoms with Gasteiger partial charge in [-0.25, -0.2) is 9.38 Å². The lowest BCUT2D eigenvalue weighted by atomic mass is 10.1. The molecule has 6 nitrogen and oxygen atoms in total. The van der Waals surface area contributed by atoms with Gasteiger partial charge in [-0.05, 0) is 12.1 Å². The average Bonchev–Trinajstić information content (AvgIpc) is 2.54. The Kier molecular flexibility index (Phi) is 2.65. The highest BCUT2D eigenvalue weighted by atomic mass is 16.1. The van der Waals surface area contributed by atoms with Crippen molar-refractivity contribution < 1.29 is 0 Å². The number of rotatable bonds is 1. The Labute approximate surface area is 120 Å². The summed E-state index contributed by atoms with van der Waals surface area (Å²) in [4.78, 5) is 21.9. The van der Waals surface area contributed by atoms with E-state index in [4.69, 9.17) is 0 Å². The predicted octanol–water partition coefficient (Wildman–Crippen LogP) is 0.930. The maximum Gasteiger partial charge on any atom is 0.267 e. The summed E-state index contributed by atoms with van der Waals surface area (Å²) in [7, 11) is 1.84. The molecule has 0 unspecified atom stereocenters. The highest BCUT2D eigenvalue weighted by Crippen LogP contribution is 2.22. The second kappa shape index (κ2) is 4.53. The number of aromatic nitrogens is 3. The maximum absolute atomic E-state index is 12.8. The zero-order chi connectivity index (χ0) is 14.4. The minimum Gasteiger partial charge on any atom is -0.373 e. The summed E-state index contributed by atoms with van der Waals surface area (Å²) in [5.74, 6) is 1.25. The van der Waals surface area contributed by atoms with Crippen molar-refractivity contribution in [2.45, 2.75) is 13.0 Å². The third kappa shape index (κ3) is 1.72. The van der Waals surface area contributed by atoms with Gasteiger partial charge in [-0.3, -0.25) is 4.79 Å². The van der Waals surface area contributed by atoms with Crippen LogP contribution in [-0.4, -0.2) is 28.0 Å². The van der Waals surface area contributed by atoms with Crippen molar-refractivity contribution in [1.82, 2.24) is 19.7 Å². The summed E-state index contributed by atoms with van der Waals surface area (Å²) in [6.07, 6.45) is 0.795. The van der Waals surface area contributed by atoms with Crippen molar-refractivity contribution in [3.63, 3.8) is 0 Å². The normalized spacial score (nSPS) is 14.3. The zero-order valence-electron chi connectivity index (χ0n) is 11.7. The number of nitrogens with one attached hydrogen (secondary N) is 2. The quantitative estimate of drug-likeness (QED) is 0.649. The van der Waals surface area contributed by atoms with Crippen molar-refractivity contribution in [1.29, 1.82) is 0 Å². The van der Waals surface area contributed by atoms with Crippen LogP contribution in [-0.2, 0) is 13.0 Å². The zero-order valence-corrected chi connectivity index (χ0v) is 11.7. The number of hydrogen-bond acceptors (Lipinski definition) is 5.